The van der Waals surface area contributed by atoms with Gasteiger partial charge in [-0.15, -0.1) is 0 Å². The molecular weight excluding hydrogens is 416 g/mol. The van der Waals surface area contributed by atoms with Gasteiger partial charge < -0.3 is 30.2 Å². The van der Waals surface area contributed by atoms with Gasteiger partial charge in [-0.2, -0.15) is 0 Å². The van der Waals surface area contributed by atoms with E-state index in [1.165, 1.54) is 44.9 Å². The summed E-state index contributed by atoms with van der Waals surface area (Å²) in [5, 5.41) is 38.6. The van der Waals surface area contributed by atoms with Gasteiger partial charge in [0, 0.05) is 12.1 Å². The van der Waals surface area contributed by atoms with Crippen molar-refractivity contribution in [3.05, 3.63) is 47.5 Å². The maximum atomic E-state index is 9.77. The molecule has 2 aliphatic heterocycles. The maximum Gasteiger partial charge on any atom is 0.157 e. The van der Waals surface area contributed by atoms with Gasteiger partial charge in [-0.3, -0.25) is 0 Å². The van der Waals surface area contributed by atoms with Crippen molar-refractivity contribution in [1.29, 1.82) is 0 Å². The Hall–Kier alpha value is -2.44. The number of rotatable bonds is 10. The lowest BCUT2D eigenvalue weighted by Crippen LogP contribution is -2.33. The Kier molecular flexibility index (Phi) is 7.99. The fourth-order valence-electron chi connectivity index (χ4n) is 5.58. The Bertz CT molecular complexity index is 845. The molecule has 4 rings (SSSR count). The van der Waals surface area contributed by atoms with E-state index >= 15 is 0 Å². The molecule has 0 unspecified atom stereocenters. The lowest BCUT2D eigenvalue weighted by Gasteiger charge is -2.26. The van der Waals surface area contributed by atoms with Crippen LogP contribution in [0.5, 0.6) is 23.0 Å². The Morgan fingerprint density at radius 1 is 0.606 bits per heavy atom. The molecule has 0 aliphatic carbocycles. The van der Waals surface area contributed by atoms with Gasteiger partial charge >= 0.3 is 0 Å². The molecule has 180 valence electrons. The van der Waals surface area contributed by atoms with Crippen LogP contribution in [0.4, 0.5) is 0 Å². The summed E-state index contributed by atoms with van der Waals surface area (Å²) in [5.74, 6) is -0.161. The predicted molar refractivity (Wildman–Crippen MR) is 130 cm³/mol. The van der Waals surface area contributed by atoms with E-state index in [0.717, 1.165) is 50.1 Å². The van der Waals surface area contributed by atoms with Gasteiger partial charge in [0.2, 0.25) is 0 Å². The number of likely N-dealkylation sites (tertiary alicyclic amines) is 2. The van der Waals surface area contributed by atoms with Crippen molar-refractivity contribution in [1.82, 2.24) is 9.80 Å². The van der Waals surface area contributed by atoms with Gasteiger partial charge in [-0.25, -0.2) is 0 Å². The molecule has 0 spiro atoms. The molecule has 0 amide bonds. The van der Waals surface area contributed by atoms with Crippen LogP contribution < -0.4 is 0 Å². The van der Waals surface area contributed by atoms with Gasteiger partial charge in [-0.1, -0.05) is 18.6 Å². The molecule has 6 heteroatoms. The fraction of sp³-hybridized carbons (Fsp3) is 0.556. The number of benzene rings is 2. The second kappa shape index (κ2) is 11.1. The molecule has 2 saturated heterocycles. The monoisotopic (exact) mass is 454 g/mol. The quantitative estimate of drug-likeness (QED) is 0.315. The van der Waals surface area contributed by atoms with E-state index in [4.69, 9.17) is 0 Å². The van der Waals surface area contributed by atoms with Crippen LogP contribution in [0.15, 0.2) is 36.4 Å². The normalized spacial score (nSPS) is 21.7. The molecular formula is C27H38N2O4. The molecule has 2 aromatic rings. The van der Waals surface area contributed by atoms with Gasteiger partial charge in [-0.05, 0) is 113 Å². The average molecular weight is 455 g/mol. The largest absolute Gasteiger partial charge is 0.504 e. The van der Waals surface area contributed by atoms with Crippen LogP contribution in [0.25, 0.3) is 0 Å². The van der Waals surface area contributed by atoms with E-state index in [9.17, 15) is 20.4 Å². The van der Waals surface area contributed by atoms with Crippen molar-refractivity contribution in [2.75, 3.05) is 26.2 Å². The first kappa shape index (κ1) is 23.7. The number of unbranched alkanes of at least 4 members (excludes halogenated alkanes) is 2. The zero-order valence-electron chi connectivity index (χ0n) is 19.5. The molecule has 2 aliphatic rings. The third-order valence-corrected chi connectivity index (χ3v) is 7.41. The number of aromatic hydroxyl groups is 4. The Balaban J connectivity index is 1.17. The minimum Gasteiger partial charge on any atom is -0.504 e. The average Bonchev–Trinajstić information content (AvgIpc) is 3.42. The van der Waals surface area contributed by atoms with E-state index < -0.39 is 0 Å². The standard InChI is InChI=1S/C27H38N2O4/c30-24-10-8-20(18-26(24)32)16-22-6-4-14-28(22)12-2-1-3-13-29-15-5-7-23(29)17-21-9-11-25(31)27(33)19-21/h8-11,18-19,22-23,30-33H,1-7,12-17H2/t22-,23-/m1/s1. The summed E-state index contributed by atoms with van der Waals surface area (Å²) in [6, 6.07) is 11.4. The van der Waals surface area contributed by atoms with Crippen molar-refractivity contribution < 1.29 is 20.4 Å². The van der Waals surface area contributed by atoms with Crippen LogP contribution in [-0.4, -0.2) is 68.5 Å². The summed E-state index contributed by atoms with van der Waals surface area (Å²) in [6.45, 7) is 4.57. The molecule has 6 nitrogen and oxygen atoms in total. The number of hydrogen-bond acceptors (Lipinski definition) is 6. The van der Waals surface area contributed by atoms with Gasteiger partial charge in [0.05, 0.1) is 0 Å². The number of hydrogen-bond donors (Lipinski definition) is 4. The minimum absolute atomic E-state index is 0.0283. The molecule has 0 aromatic heterocycles. The first-order valence-corrected chi connectivity index (χ1v) is 12.5. The van der Waals surface area contributed by atoms with Crippen LogP contribution in [-0.2, 0) is 12.8 Å². The van der Waals surface area contributed by atoms with Crippen LogP contribution in [0, 0.1) is 0 Å². The van der Waals surface area contributed by atoms with Crippen LogP contribution in [0.2, 0.25) is 0 Å². The second-order valence-corrected chi connectivity index (χ2v) is 9.78. The maximum absolute atomic E-state index is 9.77. The van der Waals surface area contributed by atoms with Gasteiger partial charge in [0.15, 0.2) is 23.0 Å². The molecule has 0 radical (unpaired) electrons. The van der Waals surface area contributed by atoms with Crippen LogP contribution >= 0.6 is 0 Å². The minimum atomic E-state index is -0.0523. The van der Waals surface area contributed by atoms with E-state index in [0.29, 0.717) is 12.1 Å². The third kappa shape index (κ3) is 6.33. The highest BCUT2D eigenvalue weighted by atomic mass is 16.3. The first-order valence-electron chi connectivity index (χ1n) is 12.5. The summed E-state index contributed by atoms with van der Waals surface area (Å²) in [6.07, 6.45) is 10.4. The number of phenols is 4. The number of nitrogens with zero attached hydrogens (tertiary/aromatic N) is 2. The van der Waals surface area contributed by atoms with Gasteiger partial charge in [0.25, 0.3) is 0 Å². The fourth-order valence-corrected chi connectivity index (χ4v) is 5.58. The smallest absolute Gasteiger partial charge is 0.157 e. The van der Waals surface area contributed by atoms with Crippen molar-refractivity contribution >= 4 is 0 Å². The highest BCUT2D eigenvalue weighted by Gasteiger charge is 2.26. The van der Waals surface area contributed by atoms with Crippen LogP contribution in [0.3, 0.4) is 0 Å². The molecule has 0 saturated carbocycles. The molecule has 4 N–H and O–H groups in total. The highest BCUT2D eigenvalue weighted by Crippen LogP contribution is 2.29. The summed E-state index contributed by atoms with van der Waals surface area (Å²) in [5.41, 5.74) is 2.17. The van der Waals surface area contributed by atoms with E-state index in [-0.39, 0.29) is 23.0 Å². The summed E-state index contributed by atoms with van der Waals surface area (Å²) in [4.78, 5) is 5.19. The molecule has 2 atom stereocenters. The molecule has 2 aromatic carbocycles. The zero-order valence-corrected chi connectivity index (χ0v) is 19.5. The molecule has 2 heterocycles. The predicted octanol–water partition coefficient (Wildman–Crippen LogP) is 4.39. The SMILES string of the molecule is Oc1ccc(C[C@H]2CCCN2CCCCCN2CCC[C@@H]2Cc2ccc(O)c(O)c2)cc1O. The second-order valence-electron chi connectivity index (χ2n) is 9.78. The molecule has 2 fully saturated rings. The lowest BCUT2D eigenvalue weighted by atomic mass is 10.0. The Morgan fingerprint density at radius 2 is 1.06 bits per heavy atom. The Labute approximate surface area is 197 Å². The van der Waals surface area contributed by atoms with Gasteiger partial charge in [0.1, 0.15) is 0 Å². The van der Waals surface area contributed by atoms with E-state index in [2.05, 4.69) is 9.80 Å². The van der Waals surface area contributed by atoms with Crippen molar-refractivity contribution in [3.63, 3.8) is 0 Å². The highest BCUT2D eigenvalue weighted by molar-refractivity contribution is 5.41. The summed E-state index contributed by atoms with van der Waals surface area (Å²) in [7, 11) is 0. The van der Waals surface area contributed by atoms with Crippen molar-refractivity contribution in [2.24, 2.45) is 0 Å². The molecule has 33 heavy (non-hydrogen) atoms. The van der Waals surface area contributed by atoms with Crippen LogP contribution in [0.1, 0.15) is 56.1 Å². The summed E-state index contributed by atoms with van der Waals surface area (Å²) >= 11 is 0. The van der Waals surface area contributed by atoms with Crippen molar-refractivity contribution in [3.8, 4) is 23.0 Å². The number of phenolic OH excluding ortho intramolecular Hbond substituents is 4. The molecule has 0 bridgehead atoms. The van der Waals surface area contributed by atoms with E-state index in [1.807, 2.05) is 12.1 Å². The summed E-state index contributed by atoms with van der Waals surface area (Å²) < 4.78 is 0. The third-order valence-electron chi connectivity index (χ3n) is 7.41. The van der Waals surface area contributed by atoms with E-state index in [1.54, 1.807) is 24.3 Å². The topological polar surface area (TPSA) is 87.4 Å². The zero-order chi connectivity index (χ0) is 23.2. The van der Waals surface area contributed by atoms with Crippen molar-refractivity contribution in [2.45, 2.75) is 69.9 Å². The lowest BCUT2D eigenvalue weighted by molar-refractivity contribution is 0.230. The first-order chi connectivity index (χ1) is 16.0. The Morgan fingerprint density at radius 3 is 1.48 bits per heavy atom.